The van der Waals surface area contributed by atoms with Crippen molar-refractivity contribution in [1.82, 2.24) is 4.90 Å². The monoisotopic (exact) mass is 127 g/mol. The van der Waals surface area contributed by atoms with E-state index in [0.717, 1.165) is 11.8 Å². The Morgan fingerprint density at radius 2 is 2.00 bits per heavy atom. The van der Waals surface area contributed by atoms with Crippen molar-refractivity contribution in [2.75, 3.05) is 26.7 Å². The Kier molecular flexibility index (Phi) is 1.08. The van der Waals surface area contributed by atoms with Gasteiger partial charge in [0, 0.05) is 19.7 Å². The molecule has 0 aromatic rings. The number of hydrogen-bond donors (Lipinski definition) is 1. The van der Waals surface area contributed by atoms with Crippen LogP contribution in [-0.4, -0.2) is 36.8 Å². The van der Waals surface area contributed by atoms with E-state index in [1.807, 2.05) is 0 Å². The van der Waals surface area contributed by atoms with Gasteiger partial charge in [-0.25, -0.2) is 0 Å². The number of piperidine rings is 1. The zero-order valence-corrected chi connectivity index (χ0v) is 5.75. The van der Waals surface area contributed by atoms with Crippen LogP contribution < -0.4 is 0 Å². The van der Waals surface area contributed by atoms with Crippen molar-refractivity contribution in [3.8, 4) is 0 Å². The minimum atomic E-state index is 0.420. The fraction of sp³-hybridized carbons (Fsp3) is 1.00. The van der Waals surface area contributed by atoms with Crippen LogP contribution in [0.5, 0.6) is 0 Å². The minimum Gasteiger partial charge on any atom is -0.396 e. The van der Waals surface area contributed by atoms with Gasteiger partial charge in [0.25, 0.3) is 0 Å². The molecule has 1 saturated carbocycles. The molecule has 0 amide bonds. The van der Waals surface area contributed by atoms with E-state index in [1.165, 1.54) is 13.1 Å². The molecule has 1 heterocycles. The lowest BCUT2D eigenvalue weighted by Gasteiger charge is -2.10. The molecule has 0 bridgehead atoms. The molecule has 2 nitrogen and oxygen atoms in total. The second kappa shape index (κ2) is 1.70. The van der Waals surface area contributed by atoms with Crippen LogP contribution in [0.15, 0.2) is 0 Å². The number of hydrogen-bond acceptors (Lipinski definition) is 2. The number of aliphatic hydroxyl groups is 1. The molecule has 0 aromatic carbocycles. The lowest BCUT2D eigenvalue weighted by atomic mass is 10.3. The van der Waals surface area contributed by atoms with Crippen molar-refractivity contribution < 1.29 is 5.11 Å². The molecule has 2 heteroatoms. The highest BCUT2D eigenvalue weighted by Crippen LogP contribution is 2.50. The van der Waals surface area contributed by atoms with Crippen LogP contribution in [-0.2, 0) is 0 Å². The Hall–Kier alpha value is -0.0800. The van der Waals surface area contributed by atoms with Gasteiger partial charge in [0.05, 0.1) is 0 Å². The second-order valence-electron chi connectivity index (χ2n) is 3.40. The third-order valence-corrected chi connectivity index (χ3v) is 2.76. The molecule has 1 aliphatic carbocycles. The zero-order valence-electron chi connectivity index (χ0n) is 5.75. The maximum Gasteiger partial charge on any atom is 0.0465 e. The Morgan fingerprint density at radius 1 is 1.44 bits per heavy atom. The first kappa shape index (κ1) is 5.69. The molecule has 2 fully saturated rings. The van der Waals surface area contributed by atoms with Gasteiger partial charge < -0.3 is 10.0 Å². The van der Waals surface area contributed by atoms with E-state index in [4.69, 9.17) is 5.11 Å². The molecule has 0 unspecified atom stereocenters. The highest BCUT2D eigenvalue weighted by atomic mass is 16.3. The summed E-state index contributed by atoms with van der Waals surface area (Å²) in [7, 11) is 2.15. The van der Waals surface area contributed by atoms with E-state index < -0.39 is 0 Å². The summed E-state index contributed by atoms with van der Waals surface area (Å²) in [5.74, 6) is 2.36. The first-order valence-corrected chi connectivity index (χ1v) is 3.62. The fourth-order valence-corrected chi connectivity index (χ4v) is 2.13. The van der Waals surface area contributed by atoms with Crippen LogP contribution in [0, 0.1) is 17.8 Å². The summed E-state index contributed by atoms with van der Waals surface area (Å²) >= 11 is 0. The molecule has 2 rings (SSSR count). The van der Waals surface area contributed by atoms with Crippen LogP contribution in [0.3, 0.4) is 0 Å². The van der Waals surface area contributed by atoms with Crippen molar-refractivity contribution >= 4 is 0 Å². The topological polar surface area (TPSA) is 23.5 Å². The van der Waals surface area contributed by atoms with E-state index in [9.17, 15) is 0 Å². The lowest BCUT2D eigenvalue weighted by Crippen LogP contribution is -2.19. The van der Waals surface area contributed by atoms with E-state index >= 15 is 0 Å². The first-order valence-electron chi connectivity index (χ1n) is 3.62. The highest BCUT2D eigenvalue weighted by Gasteiger charge is 2.53. The van der Waals surface area contributed by atoms with E-state index in [-0.39, 0.29) is 0 Å². The average Bonchev–Trinajstić information content (AvgIpc) is 2.30. The van der Waals surface area contributed by atoms with Crippen molar-refractivity contribution in [2.45, 2.75) is 0 Å². The molecule has 0 aromatic heterocycles. The lowest BCUT2D eigenvalue weighted by molar-refractivity contribution is 0.235. The van der Waals surface area contributed by atoms with Crippen LogP contribution in [0.25, 0.3) is 0 Å². The number of aliphatic hydroxyl groups excluding tert-OH is 1. The Labute approximate surface area is 55.5 Å². The Morgan fingerprint density at radius 3 is 2.44 bits per heavy atom. The standard InChI is InChI=1S/C7H13NO/c1-8-2-5-6(3-8)7(5)4-9/h5-7,9H,2-4H2,1H3/t5-,6+,7+. The van der Waals surface area contributed by atoms with Crippen LogP contribution >= 0.6 is 0 Å². The largest absolute Gasteiger partial charge is 0.396 e. The summed E-state index contributed by atoms with van der Waals surface area (Å²) in [6, 6.07) is 0. The van der Waals surface area contributed by atoms with E-state index in [1.54, 1.807) is 0 Å². The predicted molar refractivity (Wildman–Crippen MR) is 35.1 cm³/mol. The molecule has 0 radical (unpaired) electrons. The molecule has 0 spiro atoms. The second-order valence-corrected chi connectivity index (χ2v) is 3.40. The van der Waals surface area contributed by atoms with Crippen LogP contribution in [0.1, 0.15) is 0 Å². The zero-order chi connectivity index (χ0) is 6.43. The molecule has 52 valence electrons. The maximum absolute atomic E-state index is 8.78. The van der Waals surface area contributed by atoms with Crippen molar-refractivity contribution in [3.63, 3.8) is 0 Å². The summed E-state index contributed by atoms with van der Waals surface area (Å²) in [5.41, 5.74) is 0. The van der Waals surface area contributed by atoms with Crippen molar-refractivity contribution in [2.24, 2.45) is 17.8 Å². The molecular formula is C7H13NO. The molecule has 9 heavy (non-hydrogen) atoms. The predicted octanol–water partition coefficient (Wildman–Crippen LogP) is -0.214. The third-order valence-electron chi connectivity index (χ3n) is 2.76. The van der Waals surface area contributed by atoms with Gasteiger partial charge in [-0.2, -0.15) is 0 Å². The molecule has 1 aliphatic heterocycles. The third kappa shape index (κ3) is 0.700. The number of fused-ring (bicyclic) bond motifs is 1. The van der Waals surface area contributed by atoms with Crippen LogP contribution in [0.4, 0.5) is 0 Å². The minimum absolute atomic E-state index is 0.420. The van der Waals surface area contributed by atoms with E-state index in [2.05, 4.69) is 11.9 Å². The molecule has 2 aliphatic rings. The van der Waals surface area contributed by atoms with Gasteiger partial charge in [0.2, 0.25) is 0 Å². The number of rotatable bonds is 1. The normalized spacial score (nSPS) is 49.3. The molecule has 1 saturated heterocycles. The Balaban J connectivity index is 1.91. The summed E-state index contributed by atoms with van der Waals surface area (Å²) in [5, 5.41) is 8.78. The molecule has 1 N–H and O–H groups in total. The summed E-state index contributed by atoms with van der Waals surface area (Å²) in [6.45, 7) is 2.86. The van der Waals surface area contributed by atoms with Gasteiger partial charge in [0.15, 0.2) is 0 Å². The first-order chi connectivity index (χ1) is 4.33. The smallest absolute Gasteiger partial charge is 0.0465 e. The van der Waals surface area contributed by atoms with E-state index in [0.29, 0.717) is 12.5 Å². The van der Waals surface area contributed by atoms with Crippen molar-refractivity contribution in [1.29, 1.82) is 0 Å². The van der Waals surface area contributed by atoms with Crippen molar-refractivity contribution in [3.05, 3.63) is 0 Å². The van der Waals surface area contributed by atoms with Gasteiger partial charge in [-0.05, 0) is 24.8 Å². The molecule has 3 atom stereocenters. The quantitative estimate of drug-likeness (QED) is 0.526. The van der Waals surface area contributed by atoms with Gasteiger partial charge in [-0.15, -0.1) is 0 Å². The van der Waals surface area contributed by atoms with Gasteiger partial charge >= 0.3 is 0 Å². The molecular weight excluding hydrogens is 114 g/mol. The summed E-state index contributed by atoms with van der Waals surface area (Å²) in [4.78, 5) is 2.35. The summed E-state index contributed by atoms with van der Waals surface area (Å²) < 4.78 is 0. The Bertz CT molecular complexity index is 114. The maximum atomic E-state index is 8.78. The van der Waals surface area contributed by atoms with Gasteiger partial charge in [-0.3, -0.25) is 0 Å². The summed E-state index contributed by atoms with van der Waals surface area (Å²) in [6.07, 6.45) is 0. The highest BCUT2D eigenvalue weighted by molar-refractivity contribution is 5.03. The average molecular weight is 127 g/mol. The number of likely N-dealkylation sites (tertiary alicyclic amines) is 1. The van der Waals surface area contributed by atoms with Gasteiger partial charge in [-0.1, -0.05) is 0 Å². The van der Waals surface area contributed by atoms with Gasteiger partial charge in [0.1, 0.15) is 0 Å². The fourth-order valence-electron chi connectivity index (χ4n) is 2.13. The number of nitrogens with zero attached hydrogens (tertiary/aromatic N) is 1. The SMILES string of the molecule is CN1C[C@@H]2[C@@H](CO)[C@@H]2C1. The van der Waals surface area contributed by atoms with Crippen LogP contribution in [0.2, 0.25) is 0 Å².